The Hall–Kier alpha value is -2.99. The van der Waals surface area contributed by atoms with Crippen LogP contribution in [0.25, 0.3) is 0 Å². The van der Waals surface area contributed by atoms with E-state index in [4.69, 9.17) is 0 Å². The molecule has 6 heteroatoms. The number of anilines is 1. The molecule has 0 atom stereocenters. The molecule has 0 spiro atoms. The molecule has 2 aromatic carbocycles. The average molecular weight is 368 g/mol. The zero-order chi connectivity index (χ0) is 18.5. The van der Waals surface area contributed by atoms with Crippen molar-refractivity contribution in [2.45, 2.75) is 13.5 Å². The van der Waals surface area contributed by atoms with Gasteiger partial charge >= 0.3 is 0 Å². The van der Waals surface area contributed by atoms with Crippen LogP contribution in [-0.2, 0) is 6.54 Å². The Bertz CT molecular complexity index is 939. The number of aryl methyl sites for hydroxylation is 1. The minimum Gasteiger partial charge on any atom is -0.348 e. The third-order valence-electron chi connectivity index (χ3n) is 3.89. The van der Waals surface area contributed by atoms with Crippen molar-refractivity contribution in [3.05, 3.63) is 87.4 Å². The fourth-order valence-corrected chi connectivity index (χ4v) is 3.04. The van der Waals surface area contributed by atoms with E-state index in [2.05, 4.69) is 10.6 Å². The molecule has 0 radical (unpaired) electrons. The van der Waals surface area contributed by atoms with Crippen LogP contribution >= 0.6 is 11.3 Å². The van der Waals surface area contributed by atoms with Crippen molar-refractivity contribution in [1.82, 2.24) is 5.32 Å². The molecule has 0 saturated carbocycles. The highest BCUT2D eigenvalue weighted by atomic mass is 32.1. The van der Waals surface area contributed by atoms with Gasteiger partial charge in [0.25, 0.3) is 11.8 Å². The molecule has 0 aliphatic rings. The van der Waals surface area contributed by atoms with Crippen LogP contribution in [0.4, 0.5) is 10.1 Å². The standard InChI is InChI=1S/C20H17FN2O2S/c1-13-6-7-14(10-17(13)21)11-22-20(25)16-4-2-3-5-18(16)23-19(24)15-8-9-26-12-15/h2-10,12H,11H2,1H3,(H,22,25)(H,23,24). The molecule has 1 aromatic heterocycles. The summed E-state index contributed by atoms with van der Waals surface area (Å²) < 4.78 is 13.6. The van der Waals surface area contributed by atoms with Crippen molar-refractivity contribution >= 4 is 28.8 Å². The fraction of sp³-hybridized carbons (Fsp3) is 0.100. The summed E-state index contributed by atoms with van der Waals surface area (Å²) in [6, 6.07) is 13.3. The number of hydrogen-bond donors (Lipinski definition) is 2. The van der Waals surface area contributed by atoms with Gasteiger partial charge in [-0.2, -0.15) is 11.3 Å². The van der Waals surface area contributed by atoms with Gasteiger partial charge in [0.2, 0.25) is 0 Å². The maximum atomic E-state index is 13.6. The number of hydrogen-bond acceptors (Lipinski definition) is 3. The van der Waals surface area contributed by atoms with Crippen molar-refractivity contribution in [2.75, 3.05) is 5.32 Å². The van der Waals surface area contributed by atoms with Crippen LogP contribution in [0, 0.1) is 12.7 Å². The van der Waals surface area contributed by atoms with Crippen molar-refractivity contribution in [1.29, 1.82) is 0 Å². The Morgan fingerprint density at radius 3 is 2.62 bits per heavy atom. The molecule has 3 rings (SSSR count). The largest absolute Gasteiger partial charge is 0.348 e. The number of carbonyl (C=O) groups excluding carboxylic acids is 2. The van der Waals surface area contributed by atoms with Crippen LogP contribution < -0.4 is 10.6 Å². The van der Waals surface area contributed by atoms with Crippen LogP contribution in [0.3, 0.4) is 0 Å². The van der Waals surface area contributed by atoms with Gasteiger partial charge < -0.3 is 10.6 Å². The Balaban J connectivity index is 1.71. The van der Waals surface area contributed by atoms with Gasteiger partial charge in [-0.15, -0.1) is 0 Å². The summed E-state index contributed by atoms with van der Waals surface area (Å²) in [5.41, 5.74) is 2.54. The smallest absolute Gasteiger partial charge is 0.256 e. The lowest BCUT2D eigenvalue weighted by atomic mass is 10.1. The van der Waals surface area contributed by atoms with E-state index in [-0.39, 0.29) is 24.2 Å². The fourth-order valence-electron chi connectivity index (χ4n) is 2.40. The van der Waals surface area contributed by atoms with E-state index < -0.39 is 0 Å². The number of thiophene rings is 1. The molecule has 4 nitrogen and oxygen atoms in total. The van der Waals surface area contributed by atoms with E-state index in [9.17, 15) is 14.0 Å². The predicted octanol–water partition coefficient (Wildman–Crippen LogP) is 4.38. The van der Waals surface area contributed by atoms with E-state index in [1.807, 2.05) is 5.38 Å². The number of halogens is 1. The molecule has 26 heavy (non-hydrogen) atoms. The molecule has 132 valence electrons. The first-order valence-corrected chi connectivity index (χ1v) is 8.94. The molecule has 0 unspecified atom stereocenters. The number of nitrogens with one attached hydrogen (secondary N) is 2. The summed E-state index contributed by atoms with van der Waals surface area (Å²) >= 11 is 1.43. The van der Waals surface area contributed by atoms with Crippen molar-refractivity contribution in [3.63, 3.8) is 0 Å². The molecule has 0 aliphatic heterocycles. The monoisotopic (exact) mass is 368 g/mol. The Labute approximate surface area is 154 Å². The average Bonchev–Trinajstić information content (AvgIpc) is 3.18. The molecule has 0 saturated heterocycles. The maximum Gasteiger partial charge on any atom is 0.256 e. The molecular weight excluding hydrogens is 351 g/mol. The summed E-state index contributed by atoms with van der Waals surface area (Å²) in [6.07, 6.45) is 0. The van der Waals surface area contributed by atoms with Crippen molar-refractivity contribution in [3.8, 4) is 0 Å². The number of carbonyl (C=O) groups is 2. The molecule has 1 heterocycles. The van der Waals surface area contributed by atoms with Crippen molar-refractivity contribution in [2.24, 2.45) is 0 Å². The highest BCUT2D eigenvalue weighted by Gasteiger charge is 2.14. The second kappa shape index (κ2) is 7.93. The SMILES string of the molecule is Cc1ccc(CNC(=O)c2ccccc2NC(=O)c2ccsc2)cc1F. The van der Waals surface area contributed by atoms with E-state index >= 15 is 0 Å². The van der Waals surface area contributed by atoms with E-state index in [1.165, 1.54) is 17.4 Å². The lowest BCUT2D eigenvalue weighted by Gasteiger charge is -2.11. The van der Waals surface area contributed by atoms with Gasteiger partial charge in [0.05, 0.1) is 16.8 Å². The molecular formula is C20H17FN2O2S. The van der Waals surface area contributed by atoms with Crippen LogP contribution in [-0.4, -0.2) is 11.8 Å². The molecule has 0 bridgehead atoms. The zero-order valence-corrected chi connectivity index (χ0v) is 14.9. The minimum atomic E-state index is -0.341. The molecule has 0 fully saturated rings. The first kappa shape index (κ1) is 17.8. The van der Waals surface area contributed by atoms with E-state index in [0.29, 0.717) is 27.9 Å². The first-order valence-electron chi connectivity index (χ1n) is 8.00. The van der Waals surface area contributed by atoms with Gasteiger partial charge in [0.1, 0.15) is 5.82 Å². The number of benzene rings is 2. The Morgan fingerprint density at radius 2 is 1.88 bits per heavy atom. The van der Waals surface area contributed by atoms with E-state index in [0.717, 1.165) is 0 Å². The zero-order valence-electron chi connectivity index (χ0n) is 14.1. The van der Waals surface area contributed by atoms with Crippen molar-refractivity contribution < 1.29 is 14.0 Å². The van der Waals surface area contributed by atoms with Gasteiger partial charge in [0.15, 0.2) is 0 Å². The van der Waals surface area contributed by atoms with Gasteiger partial charge in [-0.05, 0) is 47.7 Å². The third kappa shape index (κ3) is 4.15. The first-order chi connectivity index (χ1) is 12.5. The third-order valence-corrected chi connectivity index (χ3v) is 4.58. The summed E-state index contributed by atoms with van der Waals surface area (Å²) in [6.45, 7) is 1.88. The van der Waals surface area contributed by atoms with Crippen LogP contribution in [0.15, 0.2) is 59.3 Å². The van der Waals surface area contributed by atoms with Crippen LogP contribution in [0.2, 0.25) is 0 Å². The van der Waals surface area contributed by atoms with E-state index in [1.54, 1.807) is 54.8 Å². The molecule has 2 N–H and O–H groups in total. The summed E-state index contributed by atoms with van der Waals surface area (Å²) in [7, 11) is 0. The van der Waals surface area contributed by atoms with Gasteiger partial charge in [-0.25, -0.2) is 4.39 Å². The number of amides is 2. The van der Waals surface area contributed by atoms with Gasteiger partial charge in [-0.1, -0.05) is 24.3 Å². The summed E-state index contributed by atoms with van der Waals surface area (Å²) in [4.78, 5) is 24.7. The highest BCUT2D eigenvalue weighted by molar-refractivity contribution is 7.08. The summed E-state index contributed by atoms with van der Waals surface area (Å²) in [5.74, 6) is -0.917. The Morgan fingerprint density at radius 1 is 1.08 bits per heavy atom. The predicted molar refractivity (Wildman–Crippen MR) is 101 cm³/mol. The van der Waals surface area contributed by atoms with Gasteiger partial charge in [-0.3, -0.25) is 9.59 Å². The number of para-hydroxylation sites is 1. The quantitative estimate of drug-likeness (QED) is 0.702. The van der Waals surface area contributed by atoms with Crippen LogP contribution in [0.5, 0.6) is 0 Å². The molecule has 2 amide bonds. The van der Waals surface area contributed by atoms with Gasteiger partial charge in [0, 0.05) is 11.9 Å². The molecule has 3 aromatic rings. The second-order valence-corrected chi connectivity index (χ2v) is 6.56. The van der Waals surface area contributed by atoms with Crippen LogP contribution in [0.1, 0.15) is 31.8 Å². The molecule has 0 aliphatic carbocycles. The maximum absolute atomic E-state index is 13.6. The Kier molecular flexibility index (Phi) is 5.43. The summed E-state index contributed by atoms with van der Waals surface area (Å²) in [5, 5.41) is 9.06. The minimum absolute atomic E-state index is 0.197. The lowest BCUT2D eigenvalue weighted by Crippen LogP contribution is -2.24. The lowest BCUT2D eigenvalue weighted by molar-refractivity contribution is 0.0951. The highest BCUT2D eigenvalue weighted by Crippen LogP contribution is 2.17. The topological polar surface area (TPSA) is 58.2 Å². The number of rotatable bonds is 5. The normalized spacial score (nSPS) is 10.4. The second-order valence-electron chi connectivity index (χ2n) is 5.78.